The van der Waals surface area contributed by atoms with E-state index in [-0.39, 0.29) is 12.4 Å². The van der Waals surface area contributed by atoms with Gasteiger partial charge in [0, 0.05) is 20.2 Å². The first-order valence-electron chi connectivity index (χ1n) is 6.10. The van der Waals surface area contributed by atoms with Gasteiger partial charge >= 0.3 is 5.97 Å². The Kier molecular flexibility index (Phi) is 7.53. The summed E-state index contributed by atoms with van der Waals surface area (Å²) in [6, 6.07) is 3.71. The molecule has 19 heavy (non-hydrogen) atoms. The number of hydrogen-bond acceptors (Lipinski definition) is 6. The molecule has 1 aromatic heterocycles. The molecule has 0 spiro atoms. The summed E-state index contributed by atoms with van der Waals surface area (Å²) in [5.74, 6) is 0.358. The van der Waals surface area contributed by atoms with Gasteiger partial charge in [-0.3, -0.25) is 9.78 Å². The lowest BCUT2D eigenvalue weighted by molar-refractivity contribution is -0.141. The Balaban J connectivity index is 2.25. The summed E-state index contributed by atoms with van der Waals surface area (Å²) >= 11 is 0. The average molecular weight is 268 g/mol. The maximum Gasteiger partial charge on any atom is 0.308 e. The molecule has 0 amide bonds. The SMILES string of the molecule is COCCNCc1ccc(OCCC(=O)OC)cn1. The third kappa shape index (κ3) is 6.73. The summed E-state index contributed by atoms with van der Waals surface area (Å²) in [5, 5.41) is 3.20. The van der Waals surface area contributed by atoms with Gasteiger partial charge in [0.2, 0.25) is 0 Å². The van der Waals surface area contributed by atoms with Crippen LogP contribution in [0.15, 0.2) is 18.3 Å². The van der Waals surface area contributed by atoms with Gasteiger partial charge in [-0.15, -0.1) is 0 Å². The van der Waals surface area contributed by atoms with Crippen molar-refractivity contribution in [3.8, 4) is 5.75 Å². The van der Waals surface area contributed by atoms with Crippen molar-refractivity contribution >= 4 is 5.97 Å². The van der Waals surface area contributed by atoms with Crippen LogP contribution in [0.3, 0.4) is 0 Å². The maximum atomic E-state index is 10.9. The minimum absolute atomic E-state index is 0.233. The van der Waals surface area contributed by atoms with E-state index in [1.54, 1.807) is 13.3 Å². The predicted octanol–water partition coefficient (Wildman–Crippen LogP) is 0.759. The number of esters is 1. The fourth-order valence-corrected chi connectivity index (χ4v) is 1.35. The summed E-state index contributed by atoms with van der Waals surface area (Å²) in [7, 11) is 3.02. The second-order valence-electron chi connectivity index (χ2n) is 3.83. The van der Waals surface area contributed by atoms with E-state index in [4.69, 9.17) is 9.47 Å². The normalized spacial score (nSPS) is 10.2. The quantitative estimate of drug-likeness (QED) is 0.527. The highest BCUT2D eigenvalue weighted by atomic mass is 16.5. The fourth-order valence-electron chi connectivity index (χ4n) is 1.35. The number of hydrogen-bond donors (Lipinski definition) is 1. The van der Waals surface area contributed by atoms with E-state index in [2.05, 4.69) is 15.0 Å². The van der Waals surface area contributed by atoms with Gasteiger partial charge in [0.15, 0.2) is 0 Å². The lowest BCUT2D eigenvalue weighted by Crippen LogP contribution is -2.19. The smallest absolute Gasteiger partial charge is 0.308 e. The van der Waals surface area contributed by atoms with Crippen LogP contribution in [0.4, 0.5) is 0 Å². The van der Waals surface area contributed by atoms with Crippen LogP contribution in [0.5, 0.6) is 5.75 Å². The molecule has 6 nitrogen and oxygen atoms in total. The molecule has 0 atom stereocenters. The van der Waals surface area contributed by atoms with Crippen molar-refractivity contribution in [1.82, 2.24) is 10.3 Å². The number of carbonyl (C=O) groups is 1. The number of nitrogens with one attached hydrogen (secondary N) is 1. The molecule has 0 aliphatic heterocycles. The van der Waals surface area contributed by atoms with Crippen LogP contribution in [-0.4, -0.2) is 44.9 Å². The highest BCUT2D eigenvalue weighted by Crippen LogP contribution is 2.09. The fraction of sp³-hybridized carbons (Fsp3) is 0.538. The zero-order valence-electron chi connectivity index (χ0n) is 11.3. The van der Waals surface area contributed by atoms with E-state index in [0.717, 1.165) is 12.2 Å². The zero-order valence-corrected chi connectivity index (χ0v) is 11.3. The monoisotopic (exact) mass is 268 g/mol. The third-order valence-electron chi connectivity index (χ3n) is 2.39. The van der Waals surface area contributed by atoms with Gasteiger partial charge in [0.25, 0.3) is 0 Å². The van der Waals surface area contributed by atoms with Gasteiger partial charge < -0.3 is 19.5 Å². The Hall–Kier alpha value is -1.66. The van der Waals surface area contributed by atoms with E-state index in [0.29, 0.717) is 25.5 Å². The van der Waals surface area contributed by atoms with E-state index in [1.807, 2.05) is 12.1 Å². The van der Waals surface area contributed by atoms with Crippen LogP contribution in [0.1, 0.15) is 12.1 Å². The number of rotatable bonds is 9. The van der Waals surface area contributed by atoms with E-state index < -0.39 is 0 Å². The van der Waals surface area contributed by atoms with Crippen molar-refractivity contribution in [2.75, 3.05) is 34.0 Å². The molecule has 0 radical (unpaired) electrons. The summed E-state index contributed by atoms with van der Waals surface area (Å²) < 4.78 is 14.8. The summed E-state index contributed by atoms with van der Waals surface area (Å²) in [6.45, 7) is 2.44. The lowest BCUT2D eigenvalue weighted by Gasteiger charge is -2.07. The van der Waals surface area contributed by atoms with E-state index in [9.17, 15) is 4.79 Å². The molecule has 0 saturated carbocycles. The highest BCUT2D eigenvalue weighted by molar-refractivity contribution is 5.69. The van der Waals surface area contributed by atoms with Crippen molar-refractivity contribution in [3.63, 3.8) is 0 Å². The van der Waals surface area contributed by atoms with Gasteiger partial charge in [-0.1, -0.05) is 0 Å². The van der Waals surface area contributed by atoms with Crippen molar-refractivity contribution in [2.45, 2.75) is 13.0 Å². The van der Waals surface area contributed by atoms with Crippen LogP contribution in [-0.2, 0) is 20.8 Å². The molecule has 6 heteroatoms. The third-order valence-corrected chi connectivity index (χ3v) is 2.39. The predicted molar refractivity (Wildman–Crippen MR) is 69.9 cm³/mol. The number of ether oxygens (including phenoxy) is 3. The van der Waals surface area contributed by atoms with Crippen molar-refractivity contribution in [1.29, 1.82) is 0 Å². The van der Waals surface area contributed by atoms with Crippen LogP contribution in [0.25, 0.3) is 0 Å². The Morgan fingerprint density at radius 2 is 2.16 bits per heavy atom. The minimum atomic E-state index is -0.285. The van der Waals surface area contributed by atoms with E-state index in [1.165, 1.54) is 7.11 Å². The minimum Gasteiger partial charge on any atom is -0.491 e. The maximum absolute atomic E-state index is 10.9. The Morgan fingerprint density at radius 1 is 1.32 bits per heavy atom. The summed E-state index contributed by atoms with van der Waals surface area (Å²) in [6.07, 6.45) is 1.88. The molecule has 106 valence electrons. The van der Waals surface area contributed by atoms with E-state index >= 15 is 0 Å². The number of nitrogens with zero attached hydrogens (tertiary/aromatic N) is 1. The second-order valence-corrected chi connectivity index (χ2v) is 3.83. The molecular weight excluding hydrogens is 248 g/mol. The van der Waals surface area contributed by atoms with Crippen LogP contribution >= 0.6 is 0 Å². The van der Waals surface area contributed by atoms with Crippen molar-refractivity contribution in [3.05, 3.63) is 24.0 Å². The first kappa shape index (κ1) is 15.4. The van der Waals surface area contributed by atoms with Crippen LogP contribution < -0.4 is 10.1 Å². The lowest BCUT2D eigenvalue weighted by atomic mass is 10.3. The standard InChI is InChI=1S/C13H20N2O4/c1-17-8-6-14-9-11-3-4-12(10-15-11)19-7-5-13(16)18-2/h3-4,10,14H,5-9H2,1-2H3. The molecule has 0 aliphatic carbocycles. The number of pyridine rings is 1. The van der Waals surface area contributed by atoms with Gasteiger partial charge in [-0.2, -0.15) is 0 Å². The van der Waals surface area contributed by atoms with Crippen molar-refractivity contribution in [2.24, 2.45) is 0 Å². The molecule has 1 rings (SSSR count). The zero-order chi connectivity index (χ0) is 13.9. The molecule has 0 bridgehead atoms. The van der Waals surface area contributed by atoms with Gasteiger partial charge in [0.1, 0.15) is 5.75 Å². The first-order valence-corrected chi connectivity index (χ1v) is 6.10. The molecule has 0 aliphatic rings. The average Bonchev–Trinajstić information content (AvgIpc) is 2.45. The molecule has 1 heterocycles. The van der Waals surface area contributed by atoms with Crippen molar-refractivity contribution < 1.29 is 19.0 Å². The first-order chi connectivity index (χ1) is 9.26. The molecule has 1 aromatic rings. The van der Waals surface area contributed by atoms with Crippen LogP contribution in [0.2, 0.25) is 0 Å². The molecule has 0 unspecified atom stereocenters. The molecule has 0 fully saturated rings. The Labute approximate surface area is 113 Å². The van der Waals surface area contributed by atoms with Gasteiger partial charge in [0.05, 0.1) is 38.6 Å². The number of methoxy groups -OCH3 is 2. The number of carbonyl (C=O) groups excluding carboxylic acids is 1. The highest BCUT2D eigenvalue weighted by Gasteiger charge is 2.01. The van der Waals surface area contributed by atoms with Gasteiger partial charge in [-0.25, -0.2) is 0 Å². The largest absolute Gasteiger partial charge is 0.491 e. The van der Waals surface area contributed by atoms with Crippen LogP contribution in [0, 0.1) is 0 Å². The molecular formula is C13H20N2O4. The second kappa shape index (κ2) is 9.29. The summed E-state index contributed by atoms with van der Waals surface area (Å²) in [4.78, 5) is 15.1. The molecule has 1 N–H and O–H groups in total. The topological polar surface area (TPSA) is 69.7 Å². The van der Waals surface area contributed by atoms with Gasteiger partial charge in [-0.05, 0) is 12.1 Å². The molecule has 0 saturated heterocycles. The Bertz CT molecular complexity index is 367. The Morgan fingerprint density at radius 3 is 2.79 bits per heavy atom. The molecule has 0 aromatic carbocycles. The summed E-state index contributed by atoms with van der Waals surface area (Å²) in [5.41, 5.74) is 0.927. The number of aromatic nitrogens is 1.